The third-order valence-electron chi connectivity index (χ3n) is 7.88. The van der Waals surface area contributed by atoms with E-state index in [4.69, 9.17) is 14.2 Å². The number of aliphatic hydroxyl groups excluding tert-OH is 1. The zero-order valence-corrected chi connectivity index (χ0v) is 20.5. The second kappa shape index (κ2) is 11.2. The Balaban J connectivity index is 1.27. The lowest BCUT2D eigenvalue weighted by Crippen LogP contribution is -2.65. The van der Waals surface area contributed by atoms with Crippen LogP contribution in [0.4, 0.5) is 0 Å². The van der Waals surface area contributed by atoms with Crippen molar-refractivity contribution in [1.82, 2.24) is 15.2 Å². The minimum atomic E-state index is -0.636. The Hall–Kier alpha value is -2.26. The van der Waals surface area contributed by atoms with E-state index in [2.05, 4.69) is 15.2 Å². The molecule has 0 radical (unpaired) electrons. The summed E-state index contributed by atoms with van der Waals surface area (Å²) in [5.41, 5.74) is 1.69. The van der Waals surface area contributed by atoms with Gasteiger partial charge in [-0.05, 0) is 74.9 Å². The molecule has 8 nitrogen and oxygen atoms in total. The Morgan fingerprint density at radius 1 is 1.29 bits per heavy atom. The minimum Gasteiger partial charge on any atom is -0.497 e. The number of nitrogens with one attached hydrogen (secondary N) is 1. The van der Waals surface area contributed by atoms with Gasteiger partial charge < -0.3 is 24.6 Å². The molecule has 5 rings (SSSR count). The molecular weight excluding hydrogens is 446 g/mol. The minimum absolute atomic E-state index is 0.0507. The fourth-order valence-corrected chi connectivity index (χ4v) is 5.79. The van der Waals surface area contributed by atoms with Crippen LogP contribution in [0.2, 0.25) is 0 Å². The van der Waals surface area contributed by atoms with Crippen molar-refractivity contribution in [2.24, 2.45) is 5.92 Å². The highest BCUT2D eigenvalue weighted by Crippen LogP contribution is 2.35. The van der Waals surface area contributed by atoms with Crippen LogP contribution in [0, 0.1) is 5.92 Å². The van der Waals surface area contributed by atoms with E-state index in [1.54, 1.807) is 13.3 Å². The normalized spacial score (nSPS) is 26.7. The standard InChI is InChI=1S/C27H37N3O5/c1-33-20-4-5-23-22(15-20)21(8-12-29-23)25(31)7-6-24-26(17-30(24)19-9-13-34-14-10-19)35-27(32)18-3-2-11-28-16-18/h4-5,8,12,15,18-19,24-26,28,31H,2-3,6-7,9-11,13-14,16-17H2,1H3/t18?,24-,25?,26-/m1/s1. The number of carbonyl (C=O) groups is 1. The van der Waals surface area contributed by atoms with Gasteiger partial charge in [-0.1, -0.05) is 0 Å². The molecular formula is C27H37N3O5. The highest BCUT2D eigenvalue weighted by atomic mass is 16.5. The van der Waals surface area contributed by atoms with Gasteiger partial charge in [0, 0.05) is 50.0 Å². The Morgan fingerprint density at radius 3 is 2.91 bits per heavy atom. The smallest absolute Gasteiger partial charge is 0.310 e. The summed E-state index contributed by atoms with van der Waals surface area (Å²) in [6.45, 7) is 4.00. The van der Waals surface area contributed by atoms with Crippen molar-refractivity contribution in [3.05, 3.63) is 36.0 Å². The first-order valence-electron chi connectivity index (χ1n) is 13.0. The van der Waals surface area contributed by atoms with Gasteiger partial charge in [-0.25, -0.2) is 0 Å². The fraction of sp³-hybridized carbons (Fsp3) is 0.630. The maximum absolute atomic E-state index is 12.8. The molecule has 0 bridgehead atoms. The summed E-state index contributed by atoms with van der Waals surface area (Å²) < 4.78 is 17.0. The number of likely N-dealkylation sites (tertiary alicyclic amines) is 1. The molecule has 3 aliphatic rings. The molecule has 8 heteroatoms. The van der Waals surface area contributed by atoms with Crippen molar-refractivity contribution in [1.29, 1.82) is 0 Å². The SMILES string of the molecule is COc1ccc2nccc(C(O)CC[C@@H]3[C@H](OC(=O)C4CCCNC4)CN3C3CCOCC3)c2c1. The number of aromatic nitrogens is 1. The molecule has 2 N–H and O–H groups in total. The van der Waals surface area contributed by atoms with E-state index in [0.717, 1.165) is 80.6 Å². The lowest BCUT2D eigenvalue weighted by atomic mass is 9.87. The third-order valence-corrected chi connectivity index (χ3v) is 7.88. The van der Waals surface area contributed by atoms with E-state index >= 15 is 0 Å². The third kappa shape index (κ3) is 5.45. The number of nitrogens with zero attached hydrogens (tertiary/aromatic N) is 2. The molecule has 3 saturated heterocycles. The van der Waals surface area contributed by atoms with Crippen LogP contribution in [0.25, 0.3) is 10.9 Å². The molecule has 35 heavy (non-hydrogen) atoms. The molecule has 2 unspecified atom stereocenters. The molecule has 3 fully saturated rings. The maximum atomic E-state index is 12.8. The molecule has 4 heterocycles. The molecule has 0 spiro atoms. The van der Waals surface area contributed by atoms with Gasteiger partial charge in [0.15, 0.2) is 0 Å². The first kappa shape index (κ1) is 24.4. The predicted molar refractivity (Wildman–Crippen MR) is 132 cm³/mol. The largest absolute Gasteiger partial charge is 0.497 e. The number of aliphatic hydroxyl groups is 1. The first-order chi connectivity index (χ1) is 17.1. The van der Waals surface area contributed by atoms with Gasteiger partial charge in [0.05, 0.1) is 24.6 Å². The van der Waals surface area contributed by atoms with Gasteiger partial charge in [-0.3, -0.25) is 14.7 Å². The Kier molecular flexibility index (Phi) is 7.82. The van der Waals surface area contributed by atoms with Crippen LogP contribution in [0.1, 0.15) is 50.2 Å². The van der Waals surface area contributed by atoms with Gasteiger partial charge in [-0.2, -0.15) is 0 Å². The van der Waals surface area contributed by atoms with E-state index in [1.807, 2.05) is 24.3 Å². The van der Waals surface area contributed by atoms with E-state index in [0.29, 0.717) is 19.0 Å². The van der Waals surface area contributed by atoms with Gasteiger partial charge in [0.25, 0.3) is 0 Å². The van der Waals surface area contributed by atoms with E-state index < -0.39 is 6.10 Å². The van der Waals surface area contributed by atoms with Crippen LogP contribution in [0.3, 0.4) is 0 Å². The van der Waals surface area contributed by atoms with E-state index in [9.17, 15) is 9.90 Å². The number of piperidine rings is 1. The quantitative estimate of drug-likeness (QED) is 0.554. The summed E-state index contributed by atoms with van der Waals surface area (Å²) in [7, 11) is 1.64. The maximum Gasteiger partial charge on any atom is 0.310 e. The molecule has 0 aliphatic carbocycles. The number of hydrogen-bond donors (Lipinski definition) is 2. The summed E-state index contributed by atoms with van der Waals surface area (Å²) in [5.74, 6) is 0.615. The number of esters is 1. The van der Waals surface area contributed by atoms with Gasteiger partial charge in [-0.15, -0.1) is 0 Å². The number of methoxy groups -OCH3 is 1. The average molecular weight is 484 g/mol. The van der Waals surface area contributed by atoms with E-state index in [1.165, 1.54) is 0 Å². The summed E-state index contributed by atoms with van der Waals surface area (Å²) in [6, 6.07) is 8.18. The second-order valence-electron chi connectivity index (χ2n) is 10.0. The molecule has 2 aromatic rings. The van der Waals surface area contributed by atoms with Crippen molar-refractivity contribution in [3.8, 4) is 5.75 Å². The monoisotopic (exact) mass is 483 g/mol. The number of pyridine rings is 1. The number of carbonyl (C=O) groups excluding carboxylic acids is 1. The van der Waals surface area contributed by atoms with Gasteiger partial charge in [0.1, 0.15) is 11.9 Å². The van der Waals surface area contributed by atoms with Crippen molar-refractivity contribution >= 4 is 16.9 Å². The summed E-state index contributed by atoms with van der Waals surface area (Å²) in [6.07, 6.45) is 6.24. The van der Waals surface area contributed by atoms with Gasteiger partial charge >= 0.3 is 5.97 Å². The van der Waals surface area contributed by atoms with Crippen LogP contribution in [-0.2, 0) is 14.3 Å². The number of fused-ring (bicyclic) bond motifs is 1. The zero-order chi connectivity index (χ0) is 24.2. The average Bonchev–Trinajstić information content (AvgIpc) is 2.90. The molecule has 1 aromatic carbocycles. The lowest BCUT2D eigenvalue weighted by molar-refractivity contribution is -0.178. The van der Waals surface area contributed by atoms with Crippen LogP contribution >= 0.6 is 0 Å². The van der Waals surface area contributed by atoms with Crippen LogP contribution in [-0.4, -0.2) is 79.1 Å². The predicted octanol–water partition coefficient (Wildman–Crippen LogP) is 2.83. The number of ether oxygens (including phenoxy) is 3. The Labute approximate surface area is 206 Å². The molecule has 190 valence electrons. The van der Waals surface area contributed by atoms with Crippen LogP contribution in [0.5, 0.6) is 5.75 Å². The number of rotatable bonds is 8. The van der Waals surface area contributed by atoms with Crippen molar-refractivity contribution in [2.75, 3.05) is 40.0 Å². The van der Waals surface area contributed by atoms with Crippen molar-refractivity contribution in [2.45, 2.75) is 62.8 Å². The molecule has 4 atom stereocenters. The molecule has 0 amide bonds. The number of hydrogen-bond acceptors (Lipinski definition) is 8. The zero-order valence-electron chi connectivity index (χ0n) is 20.5. The van der Waals surface area contributed by atoms with Gasteiger partial charge in [0.2, 0.25) is 0 Å². The first-order valence-corrected chi connectivity index (χ1v) is 13.0. The van der Waals surface area contributed by atoms with Crippen LogP contribution < -0.4 is 10.1 Å². The summed E-state index contributed by atoms with van der Waals surface area (Å²) in [5, 5.41) is 15.4. The molecule has 3 aliphatic heterocycles. The van der Waals surface area contributed by atoms with E-state index in [-0.39, 0.29) is 24.0 Å². The lowest BCUT2D eigenvalue weighted by Gasteiger charge is -2.52. The fourth-order valence-electron chi connectivity index (χ4n) is 5.79. The second-order valence-corrected chi connectivity index (χ2v) is 10.0. The Bertz CT molecular complexity index is 1010. The summed E-state index contributed by atoms with van der Waals surface area (Å²) in [4.78, 5) is 19.7. The number of benzene rings is 1. The highest BCUT2D eigenvalue weighted by Gasteiger charge is 2.45. The van der Waals surface area contributed by atoms with Crippen molar-refractivity contribution < 1.29 is 24.1 Å². The molecule has 0 saturated carbocycles. The van der Waals surface area contributed by atoms with Crippen LogP contribution in [0.15, 0.2) is 30.5 Å². The Morgan fingerprint density at radius 2 is 2.14 bits per heavy atom. The molecule has 1 aromatic heterocycles. The highest BCUT2D eigenvalue weighted by molar-refractivity contribution is 5.83. The van der Waals surface area contributed by atoms with Crippen molar-refractivity contribution in [3.63, 3.8) is 0 Å². The topological polar surface area (TPSA) is 93.2 Å². The summed E-state index contributed by atoms with van der Waals surface area (Å²) >= 11 is 0.